The van der Waals surface area contributed by atoms with Crippen LogP contribution in [-0.4, -0.2) is 16.8 Å². The van der Waals surface area contributed by atoms with Crippen molar-refractivity contribution >= 4 is 17.5 Å². The highest BCUT2D eigenvalue weighted by Crippen LogP contribution is 2.29. The molecule has 0 aliphatic heterocycles. The average molecular weight is 252 g/mol. The van der Waals surface area contributed by atoms with Crippen LogP contribution in [0.5, 0.6) is 0 Å². The minimum atomic E-state index is -0.265. The summed E-state index contributed by atoms with van der Waals surface area (Å²) >= 11 is 1.77. The van der Waals surface area contributed by atoms with E-state index in [0.29, 0.717) is 17.4 Å². The Morgan fingerprint density at radius 1 is 1.35 bits per heavy atom. The maximum Gasteiger partial charge on any atom is 0.147 e. The van der Waals surface area contributed by atoms with Crippen LogP contribution in [0.1, 0.15) is 31.2 Å². The van der Waals surface area contributed by atoms with Crippen LogP contribution < -0.4 is 0 Å². The molecule has 0 spiro atoms. The third-order valence-corrected chi connectivity index (χ3v) is 4.50. The Labute approximate surface area is 106 Å². The van der Waals surface area contributed by atoms with Crippen LogP contribution in [0, 0.1) is 5.82 Å². The van der Waals surface area contributed by atoms with Gasteiger partial charge in [0.2, 0.25) is 0 Å². The van der Waals surface area contributed by atoms with Crippen LogP contribution in [0.4, 0.5) is 4.39 Å². The minimum Gasteiger partial charge on any atom is -0.298 e. The largest absolute Gasteiger partial charge is 0.298 e. The zero-order valence-corrected chi connectivity index (χ0v) is 10.6. The number of carbonyl (C=O) groups excluding carboxylic acids is 1. The van der Waals surface area contributed by atoms with Gasteiger partial charge in [0.25, 0.3) is 0 Å². The van der Waals surface area contributed by atoms with Crippen molar-refractivity contribution in [3.8, 4) is 0 Å². The first-order valence-electron chi connectivity index (χ1n) is 6.12. The number of Topliss-reactive ketones (excluding diaryl/α,β-unsaturated/α-hetero) is 1. The monoisotopic (exact) mass is 252 g/mol. The summed E-state index contributed by atoms with van der Waals surface area (Å²) < 4.78 is 12.9. The van der Waals surface area contributed by atoms with E-state index in [-0.39, 0.29) is 11.6 Å². The van der Waals surface area contributed by atoms with E-state index in [2.05, 4.69) is 0 Å². The van der Waals surface area contributed by atoms with Crippen molar-refractivity contribution in [1.29, 1.82) is 0 Å². The molecule has 0 aromatic heterocycles. The molecule has 0 atom stereocenters. The molecule has 92 valence electrons. The van der Waals surface area contributed by atoms with E-state index in [1.54, 1.807) is 23.9 Å². The second-order valence-electron chi connectivity index (χ2n) is 4.56. The number of hydrogen-bond donors (Lipinski definition) is 0. The van der Waals surface area contributed by atoms with Gasteiger partial charge in [0, 0.05) is 11.7 Å². The second-order valence-corrected chi connectivity index (χ2v) is 5.85. The average Bonchev–Trinajstić information content (AvgIpc) is 2.79. The fourth-order valence-electron chi connectivity index (χ4n) is 2.19. The van der Waals surface area contributed by atoms with Crippen molar-refractivity contribution in [3.05, 3.63) is 35.6 Å². The summed E-state index contributed by atoms with van der Waals surface area (Å²) in [5, 5.41) is 0.673. The van der Waals surface area contributed by atoms with Gasteiger partial charge < -0.3 is 0 Å². The SMILES string of the molecule is O=C(CSC1CCCC1)Cc1cccc(F)c1. The lowest BCUT2D eigenvalue weighted by Crippen LogP contribution is -2.09. The smallest absolute Gasteiger partial charge is 0.147 e. The molecule has 2 rings (SSSR count). The molecule has 1 aromatic carbocycles. The Morgan fingerprint density at radius 3 is 2.82 bits per heavy atom. The number of hydrogen-bond acceptors (Lipinski definition) is 2. The lowest BCUT2D eigenvalue weighted by atomic mass is 10.1. The van der Waals surface area contributed by atoms with Gasteiger partial charge >= 0.3 is 0 Å². The van der Waals surface area contributed by atoms with E-state index in [0.717, 1.165) is 5.56 Å². The van der Waals surface area contributed by atoms with Gasteiger partial charge in [-0.15, -0.1) is 0 Å². The predicted octanol–water partition coefficient (Wildman–Crippen LogP) is 3.61. The fourth-order valence-corrected chi connectivity index (χ4v) is 3.38. The van der Waals surface area contributed by atoms with E-state index in [1.807, 2.05) is 0 Å². The number of thioether (sulfide) groups is 1. The Hall–Kier alpha value is -0.830. The summed E-state index contributed by atoms with van der Waals surface area (Å²) in [4.78, 5) is 11.7. The van der Waals surface area contributed by atoms with Crippen LogP contribution >= 0.6 is 11.8 Å². The van der Waals surface area contributed by atoms with Crippen molar-refractivity contribution in [3.63, 3.8) is 0 Å². The Balaban J connectivity index is 1.76. The summed E-state index contributed by atoms with van der Waals surface area (Å²) in [6.45, 7) is 0. The molecule has 0 N–H and O–H groups in total. The molecule has 1 nitrogen and oxygen atoms in total. The molecular weight excluding hydrogens is 235 g/mol. The molecule has 1 saturated carbocycles. The number of carbonyl (C=O) groups is 1. The highest BCUT2D eigenvalue weighted by Gasteiger charge is 2.16. The van der Waals surface area contributed by atoms with Crippen LogP contribution in [0.2, 0.25) is 0 Å². The quantitative estimate of drug-likeness (QED) is 0.796. The number of ketones is 1. The molecule has 3 heteroatoms. The molecule has 0 bridgehead atoms. The van der Waals surface area contributed by atoms with E-state index in [9.17, 15) is 9.18 Å². The summed E-state index contributed by atoms with van der Waals surface area (Å²) in [6.07, 6.45) is 5.46. The highest BCUT2D eigenvalue weighted by molar-refractivity contribution is 8.00. The summed E-state index contributed by atoms with van der Waals surface area (Å²) in [5.41, 5.74) is 0.780. The third-order valence-electron chi connectivity index (χ3n) is 3.07. The Bertz CT molecular complexity index is 386. The standard InChI is InChI=1S/C14H17FOS/c15-12-5-3-4-11(8-12)9-13(16)10-17-14-6-1-2-7-14/h3-5,8,14H,1-2,6-7,9-10H2. The summed E-state index contributed by atoms with van der Waals surface area (Å²) in [6, 6.07) is 6.31. The normalized spacial score (nSPS) is 16.3. The van der Waals surface area contributed by atoms with E-state index in [4.69, 9.17) is 0 Å². The summed E-state index contributed by atoms with van der Waals surface area (Å²) in [5.74, 6) is 0.507. The van der Waals surface area contributed by atoms with Gasteiger partial charge in [0.05, 0.1) is 5.75 Å². The van der Waals surface area contributed by atoms with Crippen molar-refractivity contribution < 1.29 is 9.18 Å². The molecule has 0 heterocycles. The predicted molar refractivity (Wildman–Crippen MR) is 69.8 cm³/mol. The molecule has 0 saturated heterocycles. The first-order valence-corrected chi connectivity index (χ1v) is 7.16. The van der Waals surface area contributed by atoms with Gasteiger partial charge in [-0.1, -0.05) is 25.0 Å². The molecule has 0 radical (unpaired) electrons. The first kappa shape index (κ1) is 12.6. The number of rotatable bonds is 5. The first-order chi connectivity index (χ1) is 8.24. The maximum absolute atomic E-state index is 12.9. The van der Waals surface area contributed by atoms with Gasteiger partial charge in [-0.25, -0.2) is 4.39 Å². The minimum absolute atomic E-state index is 0.201. The van der Waals surface area contributed by atoms with Crippen molar-refractivity contribution in [2.75, 3.05) is 5.75 Å². The van der Waals surface area contributed by atoms with Gasteiger partial charge in [0.1, 0.15) is 11.6 Å². The van der Waals surface area contributed by atoms with Gasteiger partial charge in [-0.2, -0.15) is 11.8 Å². The Morgan fingerprint density at radius 2 is 2.12 bits per heavy atom. The van der Waals surface area contributed by atoms with Gasteiger partial charge in [-0.3, -0.25) is 4.79 Å². The summed E-state index contributed by atoms with van der Waals surface area (Å²) in [7, 11) is 0. The zero-order valence-electron chi connectivity index (χ0n) is 9.82. The van der Waals surface area contributed by atoms with Gasteiger partial charge in [0.15, 0.2) is 0 Å². The molecule has 1 aliphatic carbocycles. The van der Waals surface area contributed by atoms with Crippen molar-refractivity contribution in [1.82, 2.24) is 0 Å². The van der Waals surface area contributed by atoms with E-state index >= 15 is 0 Å². The van der Waals surface area contributed by atoms with Crippen LogP contribution in [-0.2, 0) is 11.2 Å². The molecule has 1 aliphatic rings. The molecule has 0 unspecified atom stereocenters. The molecule has 1 aromatic rings. The lowest BCUT2D eigenvalue weighted by Gasteiger charge is -2.07. The maximum atomic E-state index is 12.9. The van der Waals surface area contributed by atoms with Crippen molar-refractivity contribution in [2.24, 2.45) is 0 Å². The van der Waals surface area contributed by atoms with E-state index in [1.165, 1.54) is 37.8 Å². The number of benzene rings is 1. The van der Waals surface area contributed by atoms with Gasteiger partial charge in [-0.05, 0) is 30.5 Å². The fraction of sp³-hybridized carbons (Fsp3) is 0.500. The third kappa shape index (κ3) is 4.15. The second kappa shape index (κ2) is 6.20. The number of halogens is 1. The molecule has 17 heavy (non-hydrogen) atoms. The van der Waals surface area contributed by atoms with Crippen LogP contribution in [0.15, 0.2) is 24.3 Å². The van der Waals surface area contributed by atoms with Crippen molar-refractivity contribution in [2.45, 2.75) is 37.4 Å². The zero-order chi connectivity index (χ0) is 12.1. The molecule has 0 amide bonds. The topological polar surface area (TPSA) is 17.1 Å². The Kier molecular flexibility index (Phi) is 4.60. The van der Waals surface area contributed by atoms with Crippen LogP contribution in [0.25, 0.3) is 0 Å². The molecular formula is C14H17FOS. The highest BCUT2D eigenvalue weighted by atomic mass is 32.2. The molecule has 1 fully saturated rings. The van der Waals surface area contributed by atoms with Crippen LogP contribution in [0.3, 0.4) is 0 Å². The van der Waals surface area contributed by atoms with E-state index < -0.39 is 0 Å². The lowest BCUT2D eigenvalue weighted by molar-refractivity contribution is -0.116.